The second-order valence-electron chi connectivity index (χ2n) is 5.61. The van der Waals surface area contributed by atoms with Gasteiger partial charge in [0.2, 0.25) is 0 Å². The number of hydrogen-bond acceptors (Lipinski definition) is 3. The molecule has 0 bridgehead atoms. The Hall–Kier alpha value is -1.91. The predicted molar refractivity (Wildman–Crippen MR) is 97.6 cm³/mol. The van der Waals surface area contributed by atoms with Crippen molar-refractivity contribution in [2.24, 2.45) is 0 Å². The molecule has 2 aromatic rings. The van der Waals surface area contributed by atoms with Crippen LogP contribution in [-0.2, 0) is 0 Å². The van der Waals surface area contributed by atoms with Crippen molar-refractivity contribution in [2.45, 2.75) is 0 Å². The molecule has 24 heavy (non-hydrogen) atoms. The predicted octanol–water partition coefficient (Wildman–Crippen LogP) is 3.96. The lowest BCUT2D eigenvalue weighted by Gasteiger charge is -2.36. The minimum atomic E-state index is -0.00349. The van der Waals surface area contributed by atoms with E-state index in [4.69, 9.17) is 27.9 Å². The van der Waals surface area contributed by atoms with Gasteiger partial charge in [-0.25, -0.2) is 0 Å². The van der Waals surface area contributed by atoms with E-state index >= 15 is 0 Å². The molecule has 0 spiro atoms. The molecule has 1 heterocycles. The van der Waals surface area contributed by atoms with Crippen molar-refractivity contribution >= 4 is 34.8 Å². The van der Waals surface area contributed by atoms with Gasteiger partial charge in [-0.1, -0.05) is 35.3 Å². The Balaban J connectivity index is 1.69. The molecule has 0 N–H and O–H groups in total. The van der Waals surface area contributed by atoms with Crippen molar-refractivity contribution in [1.29, 1.82) is 0 Å². The average Bonchev–Trinajstić information content (AvgIpc) is 2.60. The Morgan fingerprint density at radius 1 is 1.00 bits per heavy atom. The van der Waals surface area contributed by atoms with Crippen LogP contribution in [0.3, 0.4) is 0 Å². The van der Waals surface area contributed by atoms with Gasteiger partial charge < -0.3 is 14.5 Å². The Bertz CT molecular complexity index is 723. The van der Waals surface area contributed by atoms with Gasteiger partial charge in [-0.05, 0) is 30.3 Å². The molecule has 6 heteroatoms. The number of ether oxygens (including phenoxy) is 1. The molecule has 4 nitrogen and oxygen atoms in total. The van der Waals surface area contributed by atoms with Gasteiger partial charge in [0.1, 0.15) is 5.75 Å². The fraction of sp³-hybridized carbons (Fsp3) is 0.278. The molecule has 0 aliphatic carbocycles. The van der Waals surface area contributed by atoms with Gasteiger partial charge in [-0.15, -0.1) is 0 Å². The summed E-state index contributed by atoms with van der Waals surface area (Å²) in [4.78, 5) is 16.7. The smallest absolute Gasteiger partial charge is 0.257 e. The van der Waals surface area contributed by atoms with Crippen molar-refractivity contribution in [1.82, 2.24) is 4.90 Å². The Morgan fingerprint density at radius 3 is 2.25 bits per heavy atom. The zero-order valence-corrected chi connectivity index (χ0v) is 14.8. The highest BCUT2D eigenvalue weighted by atomic mass is 35.5. The molecule has 0 radical (unpaired) electrons. The summed E-state index contributed by atoms with van der Waals surface area (Å²) < 4.78 is 5.29. The summed E-state index contributed by atoms with van der Waals surface area (Å²) in [6.07, 6.45) is 0. The molecule has 2 aromatic carbocycles. The zero-order chi connectivity index (χ0) is 17.1. The van der Waals surface area contributed by atoms with E-state index in [9.17, 15) is 4.79 Å². The first-order chi connectivity index (χ1) is 11.6. The first-order valence-corrected chi connectivity index (χ1v) is 8.47. The minimum Gasteiger partial charge on any atom is -0.496 e. The molecule has 1 saturated heterocycles. The molecule has 0 aromatic heterocycles. The highest BCUT2D eigenvalue weighted by Crippen LogP contribution is 2.27. The van der Waals surface area contributed by atoms with Gasteiger partial charge in [0, 0.05) is 41.9 Å². The van der Waals surface area contributed by atoms with Crippen LogP contribution < -0.4 is 9.64 Å². The number of hydrogen-bond donors (Lipinski definition) is 0. The molecule has 0 unspecified atom stereocenters. The normalized spacial score (nSPS) is 14.6. The minimum absolute atomic E-state index is 0.00349. The van der Waals surface area contributed by atoms with Gasteiger partial charge in [-0.2, -0.15) is 0 Å². The Kier molecular flexibility index (Phi) is 5.17. The van der Waals surface area contributed by atoms with Crippen molar-refractivity contribution in [2.75, 3.05) is 38.2 Å². The summed E-state index contributed by atoms with van der Waals surface area (Å²) >= 11 is 12.1. The van der Waals surface area contributed by atoms with Gasteiger partial charge in [0.15, 0.2) is 0 Å². The largest absolute Gasteiger partial charge is 0.496 e. The van der Waals surface area contributed by atoms with E-state index in [2.05, 4.69) is 4.90 Å². The first-order valence-electron chi connectivity index (χ1n) is 7.72. The van der Waals surface area contributed by atoms with E-state index in [1.54, 1.807) is 25.3 Å². The number of carbonyl (C=O) groups is 1. The molecular formula is C18H18Cl2N2O2. The van der Waals surface area contributed by atoms with Crippen LogP contribution in [0.4, 0.5) is 5.69 Å². The molecule has 1 aliphatic rings. The van der Waals surface area contributed by atoms with Gasteiger partial charge in [0.25, 0.3) is 5.91 Å². The van der Waals surface area contributed by atoms with E-state index < -0.39 is 0 Å². The summed E-state index contributed by atoms with van der Waals surface area (Å²) in [7, 11) is 1.58. The van der Waals surface area contributed by atoms with E-state index in [0.29, 0.717) is 34.4 Å². The van der Waals surface area contributed by atoms with Crippen LogP contribution in [0.15, 0.2) is 42.5 Å². The summed E-state index contributed by atoms with van der Waals surface area (Å²) in [5.74, 6) is 0.600. The van der Waals surface area contributed by atoms with Crippen LogP contribution in [-0.4, -0.2) is 44.1 Å². The summed E-state index contributed by atoms with van der Waals surface area (Å²) in [5.41, 5.74) is 1.58. The third-order valence-corrected chi connectivity index (χ3v) is 4.55. The monoisotopic (exact) mass is 364 g/mol. The van der Waals surface area contributed by atoms with Gasteiger partial charge in [0.05, 0.1) is 12.7 Å². The Labute approximate surface area is 151 Å². The quantitative estimate of drug-likeness (QED) is 0.825. The first kappa shape index (κ1) is 16.9. The molecule has 1 amide bonds. The molecule has 0 saturated carbocycles. The fourth-order valence-corrected chi connectivity index (χ4v) is 3.40. The maximum Gasteiger partial charge on any atom is 0.257 e. The number of benzene rings is 2. The second kappa shape index (κ2) is 7.32. The number of nitrogens with zero attached hydrogens (tertiary/aromatic N) is 2. The number of amides is 1. The summed E-state index contributed by atoms with van der Waals surface area (Å²) in [5, 5.41) is 1.23. The highest BCUT2D eigenvalue weighted by molar-refractivity contribution is 6.35. The summed E-state index contributed by atoms with van der Waals surface area (Å²) in [6, 6.07) is 12.8. The number of rotatable bonds is 3. The average molecular weight is 365 g/mol. The summed E-state index contributed by atoms with van der Waals surface area (Å²) in [6.45, 7) is 2.75. The SMILES string of the molecule is COc1ccccc1C(=O)N1CCN(c2cc(Cl)cc(Cl)c2)CC1. The molecule has 3 rings (SSSR count). The van der Waals surface area contributed by atoms with Crippen LogP contribution in [0.2, 0.25) is 10.0 Å². The van der Waals surface area contributed by atoms with Gasteiger partial charge in [-0.3, -0.25) is 4.79 Å². The van der Waals surface area contributed by atoms with E-state index in [0.717, 1.165) is 18.8 Å². The van der Waals surface area contributed by atoms with Crippen LogP contribution in [0.1, 0.15) is 10.4 Å². The van der Waals surface area contributed by atoms with Crippen LogP contribution in [0, 0.1) is 0 Å². The molecule has 1 fully saturated rings. The number of carbonyl (C=O) groups excluding carboxylic acids is 1. The number of para-hydroxylation sites is 1. The van der Waals surface area contributed by atoms with E-state index in [1.165, 1.54) is 0 Å². The number of halogens is 2. The number of piperazine rings is 1. The van der Waals surface area contributed by atoms with Crippen molar-refractivity contribution < 1.29 is 9.53 Å². The maximum absolute atomic E-state index is 12.7. The Morgan fingerprint density at radius 2 is 1.62 bits per heavy atom. The van der Waals surface area contributed by atoms with Crippen molar-refractivity contribution in [3.05, 3.63) is 58.1 Å². The van der Waals surface area contributed by atoms with Crippen LogP contribution in [0.5, 0.6) is 5.75 Å². The number of methoxy groups -OCH3 is 1. The topological polar surface area (TPSA) is 32.8 Å². The molecule has 1 aliphatic heterocycles. The van der Waals surface area contributed by atoms with Crippen molar-refractivity contribution in [3.63, 3.8) is 0 Å². The zero-order valence-electron chi connectivity index (χ0n) is 13.3. The molecular weight excluding hydrogens is 347 g/mol. The lowest BCUT2D eigenvalue weighted by molar-refractivity contribution is 0.0743. The highest BCUT2D eigenvalue weighted by Gasteiger charge is 2.24. The molecule has 126 valence electrons. The van der Waals surface area contributed by atoms with Crippen LogP contribution in [0.25, 0.3) is 0 Å². The third kappa shape index (κ3) is 3.60. The third-order valence-electron chi connectivity index (χ3n) is 4.12. The lowest BCUT2D eigenvalue weighted by atomic mass is 10.1. The van der Waals surface area contributed by atoms with Gasteiger partial charge >= 0.3 is 0 Å². The van der Waals surface area contributed by atoms with Crippen LogP contribution >= 0.6 is 23.2 Å². The number of anilines is 1. The molecule has 0 atom stereocenters. The van der Waals surface area contributed by atoms with E-state index in [1.807, 2.05) is 29.2 Å². The van der Waals surface area contributed by atoms with E-state index in [-0.39, 0.29) is 5.91 Å². The maximum atomic E-state index is 12.7. The standard InChI is InChI=1S/C18H18Cl2N2O2/c1-24-17-5-3-2-4-16(17)18(23)22-8-6-21(7-9-22)15-11-13(19)10-14(20)12-15/h2-5,10-12H,6-9H2,1H3. The fourth-order valence-electron chi connectivity index (χ4n) is 2.88. The second-order valence-corrected chi connectivity index (χ2v) is 6.48. The lowest BCUT2D eigenvalue weighted by Crippen LogP contribution is -2.48. The van der Waals surface area contributed by atoms with Crippen molar-refractivity contribution in [3.8, 4) is 5.75 Å².